The fourth-order valence-corrected chi connectivity index (χ4v) is 3.08. The monoisotopic (exact) mass is 381 g/mol. The predicted molar refractivity (Wildman–Crippen MR) is 115 cm³/mol. The van der Waals surface area contributed by atoms with Crippen LogP contribution >= 0.6 is 0 Å². The van der Waals surface area contributed by atoms with Crippen molar-refractivity contribution in [2.45, 2.75) is 40.2 Å². The highest BCUT2D eigenvalue weighted by Gasteiger charge is 2.16. The van der Waals surface area contributed by atoms with Gasteiger partial charge in [0.15, 0.2) is 0 Å². The minimum Gasteiger partial charge on any atom is -0.339 e. The summed E-state index contributed by atoms with van der Waals surface area (Å²) in [6.45, 7) is 9.16. The van der Waals surface area contributed by atoms with Gasteiger partial charge in [0.05, 0.1) is 0 Å². The molecule has 0 aliphatic heterocycles. The first-order valence-corrected chi connectivity index (χ1v) is 10.1. The third kappa shape index (κ3) is 5.92. The highest BCUT2D eigenvalue weighted by molar-refractivity contribution is 6.06. The molecular formula is C23H31N3O2. The van der Waals surface area contributed by atoms with E-state index in [9.17, 15) is 9.59 Å². The molecule has 0 saturated carbocycles. The Labute approximate surface area is 168 Å². The summed E-state index contributed by atoms with van der Waals surface area (Å²) in [7, 11) is 0. The molecular weight excluding hydrogens is 350 g/mol. The van der Waals surface area contributed by atoms with Crippen LogP contribution in [0.1, 0.15) is 59.9 Å². The normalized spacial score (nSPS) is 10.5. The maximum Gasteiger partial charge on any atom is 0.255 e. The van der Waals surface area contributed by atoms with Crippen molar-refractivity contribution in [2.24, 2.45) is 0 Å². The van der Waals surface area contributed by atoms with Gasteiger partial charge in [-0.15, -0.1) is 0 Å². The number of benzene rings is 2. The van der Waals surface area contributed by atoms with Gasteiger partial charge in [0.1, 0.15) is 0 Å². The molecule has 0 atom stereocenters. The minimum atomic E-state index is -0.212. The molecule has 5 heteroatoms. The Balaban J connectivity index is 2.17. The van der Waals surface area contributed by atoms with Gasteiger partial charge in [0.25, 0.3) is 11.8 Å². The van der Waals surface area contributed by atoms with E-state index >= 15 is 0 Å². The summed E-state index contributed by atoms with van der Waals surface area (Å²) in [4.78, 5) is 27.4. The maximum absolute atomic E-state index is 12.8. The molecule has 2 aromatic carbocycles. The third-order valence-electron chi connectivity index (χ3n) is 4.48. The van der Waals surface area contributed by atoms with Gasteiger partial charge in [-0.2, -0.15) is 0 Å². The lowest BCUT2D eigenvalue weighted by Crippen LogP contribution is -2.32. The molecule has 2 aromatic rings. The average molecular weight is 382 g/mol. The van der Waals surface area contributed by atoms with Crippen molar-refractivity contribution in [1.82, 2.24) is 10.2 Å². The Morgan fingerprint density at radius 1 is 0.893 bits per heavy atom. The molecule has 0 radical (unpaired) electrons. The first-order valence-electron chi connectivity index (χ1n) is 10.1. The van der Waals surface area contributed by atoms with Crippen molar-refractivity contribution in [3.8, 4) is 0 Å². The van der Waals surface area contributed by atoms with Crippen molar-refractivity contribution < 1.29 is 9.59 Å². The highest BCUT2D eigenvalue weighted by Crippen LogP contribution is 2.17. The Morgan fingerprint density at radius 2 is 1.57 bits per heavy atom. The molecule has 150 valence electrons. The molecule has 0 aliphatic carbocycles. The number of para-hydroxylation sites is 1. The van der Waals surface area contributed by atoms with Crippen LogP contribution in [0, 0.1) is 0 Å². The number of amides is 2. The summed E-state index contributed by atoms with van der Waals surface area (Å²) in [5.74, 6) is -0.234. The molecule has 2 rings (SSSR count). The summed E-state index contributed by atoms with van der Waals surface area (Å²) in [5, 5.41) is 6.25. The Hall–Kier alpha value is -2.66. The van der Waals surface area contributed by atoms with Gasteiger partial charge in [0, 0.05) is 36.4 Å². The molecule has 0 aromatic heterocycles. The van der Waals surface area contributed by atoms with Crippen LogP contribution in [0.5, 0.6) is 0 Å². The van der Waals surface area contributed by atoms with E-state index < -0.39 is 0 Å². The van der Waals surface area contributed by atoms with E-state index in [1.54, 1.807) is 24.3 Å². The van der Waals surface area contributed by atoms with Crippen LogP contribution in [0.4, 0.5) is 5.69 Å². The zero-order chi connectivity index (χ0) is 20.4. The van der Waals surface area contributed by atoms with Crippen LogP contribution in [-0.4, -0.2) is 36.3 Å². The van der Waals surface area contributed by atoms with E-state index in [4.69, 9.17) is 0 Å². The summed E-state index contributed by atoms with van der Waals surface area (Å²) in [6.07, 6.45) is 1.82. The van der Waals surface area contributed by atoms with E-state index in [0.717, 1.165) is 43.7 Å². The van der Waals surface area contributed by atoms with Gasteiger partial charge < -0.3 is 15.5 Å². The van der Waals surface area contributed by atoms with E-state index in [2.05, 4.69) is 24.5 Å². The van der Waals surface area contributed by atoms with Crippen LogP contribution < -0.4 is 10.6 Å². The van der Waals surface area contributed by atoms with Crippen molar-refractivity contribution in [3.63, 3.8) is 0 Å². The lowest BCUT2D eigenvalue weighted by Gasteiger charge is -2.21. The van der Waals surface area contributed by atoms with Crippen molar-refractivity contribution in [2.75, 3.05) is 25.0 Å². The Morgan fingerprint density at radius 3 is 2.25 bits per heavy atom. The zero-order valence-electron chi connectivity index (χ0n) is 17.1. The second-order valence-corrected chi connectivity index (χ2v) is 6.76. The number of carbonyl (C=O) groups excluding carboxylic acids is 2. The lowest BCUT2D eigenvalue weighted by molar-refractivity contribution is 0.0755. The van der Waals surface area contributed by atoms with Crippen molar-refractivity contribution in [3.05, 3.63) is 65.2 Å². The highest BCUT2D eigenvalue weighted by atomic mass is 16.2. The molecule has 5 nitrogen and oxygen atoms in total. The molecule has 0 saturated heterocycles. The van der Waals surface area contributed by atoms with Crippen LogP contribution in [0.25, 0.3) is 0 Å². The Kier molecular flexibility index (Phi) is 8.69. The van der Waals surface area contributed by atoms with E-state index in [1.807, 2.05) is 36.1 Å². The number of carbonyl (C=O) groups is 2. The van der Waals surface area contributed by atoms with Crippen molar-refractivity contribution >= 4 is 17.5 Å². The zero-order valence-corrected chi connectivity index (χ0v) is 17.1. The van der Waals surface area contributed by atoms with Gasteiger partial charge >= 0.3 is 0 Å². The molecule has 2 N–H and O–H groups in total. The summed E-state index contributed by atoms with van der Waals surface area (Å²) in [5.41, 5.74) is 2.85. The molecule has 0 fully saturated rings. The van der Waals surface area contributed by atoms with Gasteiger partial charge in [0.2, 0.25) is 0 Å². The first kappa shape index (κ1) is 21.6. The molecule has 2 amide bonds. The van der Waals surface area contributed by atoms with Crippen LogP contribution in [0.15, 0.2) is 48.5 Å². The largest absolute Gasteiger partial charge is 0.339 e. The third-order valence-corrected chi connectivity index (χ3v) is 4.48. The molecule has 0 aliphatic rings. The van der Waals surface area contributed by atoms with Crippen LogP contribution in [0.3, 0.4) is 0 Å². The Bertz CT molecular complexity index is 783. The van der Waals surface area contributed by atoms with Gasteiger partial charge in [-0.3, -0.25) is 9.59 Å². The second kappa shape index (κ2) is 11.2. The lowest BCUT2D eigenvalue weighted by atomic mass is 10.1. The van der Waals surface area contributed by atoms with Gasteiger partial charge in [-0.05, 0) is 49.2 Å². The number of anilines is 1. The summed E-state index contributed by atoms with van der Waals surface area (Å²) >= 11 is 0. The maximum atomic E-state index is 12.8. The first-order chi connectivity index (χ1) is 13.6. The van der Waals surface area contributed by atoms with E-state index in [-0.39, 0.29) is 11.8 Å². The van der Waals surface area contributed by atoms with Crippen LogP contribution in [0.2, 0.25) is 0 Å². The SMILES string of the molecule is CCCN(CCC)C(=O)c1cccc(C(=O)Nc2ccccc2CNCC)c1. The standard InChI is InChI=1S/C23H31N3O2/c1-4-14-26(15-5-2)23(28)19-12-9-11-18(16-19)22(27)25-21-13-8-7-10-20(21)17-24-6-3/h7-13,16,24H,4-6,14-15,17H2,1-3H3,(H,25,27). The average Bonchev–Trinajstić information content (AvgIpc) is 2.72. The fourth-order valence-electron chi connectivity index (χ4n) is 3.08. The smallest absolute Gasteiger partial charge is 0.255 e. The quantitative estimate of drug-likeness (QED) is 0.645. The van der Waals surface area contributed by atoms with Gasteiger partial charge in [-0.1, -0.05) is 45.0 Å². The fraction of sp³-hybridized carbons (Fsp3) is 0.391. The van der Waals surface area contributed by atoms with Crippen LogP contribution in [-0.2, 0) is 6.54 Å². The molecule has 28 heavy (non-hydrogen) atoms. The molecule has 0 bridgehead atoms. The molecule has 0 heterocycles. The van der Waals surface area contributed by atoms with Crippen molar-refractivity contribution in [1.29, 1.82) is 0 Å². The molecule has 0 spiro atoms. The topological polar surface area (TPSA) is 61.4 Å². The number of nitrogens with zero attached hydrogens (tertiary/aromatic N) is 1. The number of rotatable bonds is 10. The predicted octanol–water partition coefficient (Wildman–Crippen LogP) is 4.31. The van der Waals surface area contributed by atoms with Gasteiger partial charge in [-0.25, -0.2) is 0 Å². The molecule has 0 unspecified atom stereocenters. The minimum absolute atomic E-state index is 0.0223. The van der Waals surface area contributed by atoms with E-state index in [0.29, 0.717) is 17.7 Å². The number of nitrogens with one attached hydrogen (secondary N) is 2. The summed E-state index contributed by atoms with van der Waals surface area (Å²) < 4.78 is 0. The number of hydrogen-bond donors (Lipinski definition) is 2. The number of hydrogen-bond acceptors (Lipinski definition) is 3. The van der Waals surface area contributed by atoms with E-state index in [1.165, 1.54) is 0 Å². The second-order valence-electron chi connectivity index (χ2n) is 6.76. The summed E-state index contributed by atoms with van der Waals surface area (Å²) in [6, 6.07) is 14.7.